The van der Waals surface area contributed by atoms with Gasteiger partial charge in [-0.25, -0.2) is 9.18 Å². The zero-order chi connectivity index (χ0) is 17.2. The fourth-order valence-corrected chi connectivity index (χ4v) is 2.24. The van der Waals surface area contributed by atoms with Crippen LogP contribution in [0.15, 0.2) is 46.6 Å². The predicted molar refractivity (Wildman–Crippen MR) is 84.0 cm³/mol. The van der Waals surface area contributed by atoms with Crippen molar-refractivity contribution in [2.45, 2.75) is 25.5 Å². The summed E-state index contributed by atoms with van der Waals surface area (Å²) in [5, 5.41) is 18.2. The first kappa shape index (κ1) is 16.0. The number of benzene rings is 1. The van der Waals surface area contributed by atoms with E-state index in [9.17, 15) is 9.18 Å². The molecule has 1 aliphatic rings. The molecule has 0 radical (unpaired) electrons. The summed E-state index contributed by atoms with van der Waals surface area (Å²) in [7, 11) is 0. The van der Waals surface area contributed by atoms with Crippen molar-refractivity contribution in [1.82, 2.24) is 10.2 Å². The summed E-state index contributed by atoms with van der Waals surface area (Å²) in [6, 6.07) is 9.83. The van der Waals surface area contributed by atoms with Crippen molar-refractivity contribution >= 4 is 11.9 Å². The van der Waals surface area contributed by atoms with Crippen molar-refractivity contribution in [1.29, 1.82) is 0 Å². The smallest absolute Gasteiger partial charge is 0.413 e. The lowest BCUT2D eigenvalue weighted by atomic mass is 9.84. The summed E-state index contributed by atoms with van der Waals surface area (Å²) in [5.74, 6) is 0.323. The molecule has 0 spiro atoms. The number of amides is 1. The zero-order valence-electron chi connectivity index (χ0n) is 13.2. The second-order valence-electron chi connectivity index (χ2n) is 6.04. The van der Waals surface area contributed by atoms with Crippen LogP contribution in [0, 0.1) is 5.82 Å². The average molecular weight is 329 g/mol. The molecule has 24 heavy (non-hydrogen) atoms. The molecule has 1 aliphatic heterocycles. The number of aromatic nitrogens is 2. The van der Waals surface area contributed by atoms with Crippen LogP contribution in [-0.2, 0) is 10.2 Å². The minimum atomic E-state index is -0.824. The molecule has 1 amide bonds. The lowest BCUT2D eigenvalue weighted by molar-refractivity contribution is 0.130. The van der Waals surface area contributed by atoms with E-state index in [1.807, 2.05) is 13.8 Å². The Bertz CT molecular complexity index is 759. The van der Waals surface area contributed by atoms with Gasteiger partial charge in [0.15, 0.2) is 0 Å². The van der Waals surface area contributed by atoms with Crippen molar-refractivity contribution in [2.24, 2.45) is 10.2 Å². The van der Waals surface area contributed by atoms with Gasteiger partial charge in [-0.2, -0.15) is 0 Å². The molecule has 1 aromatic carbocycles. The van der Waals surface area contributed by atoms with Gasteiger partial charge in [0.05, 0.1) is 0 Å². The number of rotatable bonds is 5. The molecule has 1 atom stereocenters. The Morgan fingerprint density at radius 2 is 1.92 bits per heavy atom. The SMILES string of the molecule is CC(C)(CNc1ccc(C2N=NC(=O)O2)nn1)c1ccc(F)cc1. The van der Waals surface area contributed by atoms with E-state index in [-0.39, 0.29) is 11.2 Å². The first-order valence-electron chi connectivity index (χ1n) is 7.39. The molecule has 2 aromatic rings. The maximum atomic E-state index is 13.0. The number of nitrogens with zero attached hydrogens (tertiary/aromatic N) is 4. The number of carbonyl (C=O) groups excluding carboxylic acids is 1. The highest BCUT2D eigenvalue weighted by atomic mass is 19.1. The van der Waals surface area contributed by atoms with Gasteiger partial charge in [-0.1, -0.05) is 31.1 Å². The lowest BCUT2D eigenvalue weighted by Gasteiger charge is -2.25. The minimum absolute atomic E-state index is 0.219. The van der Waals surface area contributed by atoms with Crippen molar-refractivity contribution in [2.75, 3.05) is 11.9 Å². The second kappa shape index (κ2) is 6.31. The Morgan fingerprint density at radius 3 is 2.50 bits per heavy atom. The van der Waals surface area contributed by atoms with Crippen LogP contribution in [0.3, 0.4) is 0 Å². The van der Waals surface area contributed by atoms with Crippen molar-refractivity contribution in [3.05, 3.63) is 53.5 Å². The quantitative estimate of drug-likeness (QED) is 0.905. The fourth-order valence-electron chi connectivity index (χ4n) is 2.24. The average Bonchev–Trinajstić information content (AvgIpc) is 3.00. The predicted octanol–water partition coefficient (Wildman–Crippen LogP) is 3.61. The minimum Gasteiger partial charge on any atom is -0.413 e. The van der Waals surface area contributed by atoms with E-state index >= 15 is 0 Å². The molecule has 0 aliphatic carbocycles. The molecule has 1 N–H and O–H groups in total. The number of carbonyl (C=O) groups is 1. The van der Waals surface area contributed by atoms with E-state index < -0.39 is 12.3 Å². The first-order valence-corrected chi connectivity index (χ1v) is 7.39. The van der Waals surface area contributed by atoms with Crippen molar-refractivity contribution in [3.8, 4) is 0 Å². The van der Waals surface area contributed by atoms with Crippen LogP contribution in [0.2, 0.25) is 0 Å². The number of halogens is 1. The molecule has 8 heteroatoms. The number of ether oxygens (including phenoxy) is 1. The van der Waals surface area contributed by atoms with Crippen molar-refractivity contribution < 1.29 is 13.9 Å². The molecule has 0 saturated heterocycles. The molecular weight excluding hydrogens is 313 g/mol. The van der Waals surface area contributed by atoms with Gasteiger partial charge in [-0.15, -0.1) is 15.3 Å². The molecule has 2 heterocycles. The highest BCUT2D eigenvalue weighted by Gasteiger charge is 2.24. The van der Waals surface area contributed by atoms with Gasteiger partial charge in [0.1, 0.15) is 17.3 Å². The lowest BCUT2D eigenvalue weighted by Crippen LogP contribution is -2.28. The standard InChI is InChI=1S/C16H16FN5O2/c1-16(2,10-3-5-11(17)6-4-10)9-18-13-8-7-12(19-20-13)14-21-22-15(23)24-14/h3-8,14H,9H2,1-2H3,(H,18,20). The van der Waals surface area contributed by atoms with Gasteiger partial charge in [0.2, 0.25) is 0 Å². The van der Waals surface area contributed by atoms with Gasteiger partial charge in [0, 0.05) is 12.0 Å². The Hall–Kier alpha value is -2.90. The molecule has 0 fully saturated rings. The van der Waals surface area contributed by atoms with E-state index in [0.717, 1.165) is 5.56 Å². The third kappa shape index (κ3) is 3.53. The molecular formula is C16H16FN5O2. The summed E-state index contributed by atoms with van der Waals surface area (Å²) >= 11 is 0. The summed E-state index contributed by atoms with van der Waals surface area (Å²) < 4.78 is 17.9. The van der Waals surface area contributed by atoms with Gasteiger partial charge >= 0.3 is 6.09 Å². The second-order valence-corrected chi connectivity index (χ2v) is 6.04. The molecule has 7 nitrogen and oxygen atoms in total. The van der Waals surface area contributed by atoms with Gasteiger partial charge in [0.25, 0.3) is 6.23 Å². The number of cyclic esters (lactones) is 1. The Labute approximate surface area is 138 Å². The zero-order valence-corrected chi connectivity index (χ0v) is 13.2. The number of nitrogens with one attached hydrogen (secondary N) is 1. The Kier molecular flexibility index (Phi) is 4.20. The number of hydrogen-bond acceptors (Lipinski definition) is 6. The van der Waals surface area contributed by atoms with Crippen LogP contribution in [0.1, 0.15) is 31.3 Å². The summed E-state index contributed by atoms with van der Waals surface area (Å²) in [5.41, 5.74) is 1.20. The summed E-state index contributed by atoms with van der Waals surface area (Å²) in [6.45, 7) is 4.69. The number of anilines is 1. The van der Waals surface area contributed by atoms with E-state index in [1.54, 1.807) is 24.3 Å². The van der Waals surface area contributed by atoms with Gasteiger partial charge in [-0.05, 0) is 29.8 Å². The van der Waals surface area contributed by atoms with Crippen LogP contribution < -0.4 is 5.32 Å². The van der Waals surface area contributed by atoms with Crippen LogP contribution in [0.5, 0.6) is 0 Å². The Morgan fingerprint density at radius 1 is 1.17 bits per heavy atom. The maximum absolute atomic E-state index is 13.0. The normalized spacial score (nSPS) is 17.0. The first-order chi connectivity index (χ1) is 11.4. The van der Waals surface area contributed by atoms with Gasteiger partial charge in [-0.3, -0.25) is 0 Å². The van der Waals surface area contributed by atoms with Crippen LogP contribution in [-0.4, -0.2) is 22.8 Å². The maximum Gasteiger partial charge on any atom is 0.454 e. The number of hydrogen-bond donors (Lipinski definition) is 1. The van der Waals surface area contributed by atoms with E-state index in [1.165, 1.54) is 12.1 Å². The van der Waals surface area contributed by atoms with E-state index in [0.29, 0.717) is 18.1 Å². The van der Waals surface area contributed by atoms with Crippen LogP contribution in [0.4, 0.5) is 15.0 Å². The summed E-state index contributed by atoms with van der Waals surface area (Å²) in [6.07, 6.45) is -1.56. The molecule has 0 saturated carbocycles. The van der Waals surface area contributed by atoms with E-state index in [4.69, 9.17) is 4.74 Å². The van der Waals surface area contributed by atoms with Gasteiger partial charge < -0.3 is 10.1 Å². The molecule has 1 unspecified atom stereocenters. The largest absolute Gasteiger partial charge is 0.454 e. The summed E-state index contributed by atoms with van der Waals surface area (Å²) in [4.78, 5) is 10.9. The van der Waals surface area contributed by atoms with Crippen LogP contribution in [0.25, 0.3) is 0 Å². The molecule has 3 rings (SSSR count). The Balaban J connectivity index is 1.63. The van der Waals surface area contributed by atoms with Crippen molar-refractivity contribution in [3.63, 3.8) is 0 Å². The third-order valence-electron chi connectivity index (χ3n) is 3.73. The van der Waals surface area contributed by atoms with Crippen LogP contribution >= 0.6 is 0 Å². The molecule has 124 valence electrons. The monoisotopic (exact) mass is 329 g/mol. The van der Waals surface area contributed by atoms with E-state index in [2.05, 4.69) is 25.7 Å². The topological polar surface area (TPSA) is 88.8 Å². The molecule has 0 bridgehead atoms. The highest BCUT2D eigenvalue weighted by Crippen LogP contribution is 2.25. The molecule has 1 aromatic heterocycles. The third-order valence-corrected chi connectivity index (χ3v) is 3.73. The number of azo groups is 1. The highest BCUT2D eigenvalue weighted by molar-refractivity contribution is 5.69. The fraction of sp³-hybridized carbons (Fsp3) is 0.312.